The highest BCUT2D eigenvalue weighted by Gasteiger charge is 2.12. The number of hydrogen-bond acceptors (Lipinski definition) is 1. The summed E-state index contributed by atoms with van der Waals surface area (Å²) in [6, 6.07) is 9.56. The maximum atomic E-state index is 13.5. The van der Waals surface area contributed by atoms with Gasteiger partial charge in [-0.15, -0.1) is 0 Å². The van der Waals surface area contributed by atoms with E-state index in [2.05, 4.69) is 0 Å². The van der Waals surface area contributed by atoms with E-state index in [1.54, 1.807) is 30.3 Å². The van der Waals surface area contributed by atoms with Crippen molar-refractivity contribution in [1.29, 1.82) is 0 Å². The normalized spacial score (nSPS) is 10.6. The Hall–Kier alpha value is -1.09. The first-order valence-electron chi connectivity index (χ1n) is 4.97. The number of rotatable bonds is 2. The molecule has 1 nitrogen and oxygen atoms in total. The molecule has 2 rings (SSSR count). The van der Waals surface area contributed by atoms with Gasteiger partial charge in [-0.25, -0.2) is 4.39 Å². The Labute approximate surface area is 108 Å². The molecule has 2 aromatic rings. The summed E-state index contributed by atoms with van der Waals surface area (Å²) in [4.78, 5) is 0. The second-order valence-electron chi connectivity index (χ2n) is 3.55. The van der Waals surface area contributed by atoms with Crippen LogP contribution in [-0.4, -0.2) is 5.11 Å². The molecule has 0 spiro atoms. The van der Waals surface area contributed by atoms with Gasteiger partial charge in [0.25, 0.3) is 0 Å². The van der Waals surface area contributed by atoms with Crippen LogP contribution in [0.5, 0.6) is 0 Å². The second kappa shape index (κ2) is 5.05. The first-order valence-corrected chi connectivity index (χ1v) is 5.72. The zero-order valence-electron chi connectivity index (χ0n) is 8.75. The first kappa shape index (κ1) is 12.4. The van der Waals surface area contributed by atoms with Gasteiger partial charge in [0.1, 0.15) is 5.82 Å². The molecule has 88 valence electrons. The SMILES string of the molecule is OCc1c(F)cccc1-c1ccc(Cl)cc1Cl. The van der Waals surface area contributed by atoms with Crippen molar-refractivity contribution in [2.75, 3.05) is 0 Å². The van der Waals surface area contributed by atoms with Crippen molar-refractivity contribution in [3.05, 3.63) is 57.8 Å². The lowest BCUT2D eigenvalue weighted by molar-refractivity contribution is 0.276. The lowest BCUT2D eigenvalue weighted by atomic mass is 9.99. The van der Waals surface area contributed by atoms with Crippen LogP contribution in [0.1, 0.15) is 5.56 Å². The molecule has 0 unspecified atom stereocenters. The third kappa shape index (κ3) is 2.44. The van der Waals surface area contributed by atoms with Crippen LogP contribution in [0.2, 0.25) is 10.0 Å². The van der Waals surface area contributed by atoms with Crippen LogP contribution in [0.3, 0.4) is 0 Å². The van der Waals surface area contributed by atoms with Gasteiger partial charge in [0.05, 0.1) is 6.61 Å². The maximum absolute atomic E-state index is 13.5. The van der Waals surface area contributed by atoms with Crippen molar-refractivity contribution in [3.8, 4) is 11.1 Å². The number of halogens is 3. The van der Waals surface area contributed by atoms with Crippen LogP contribution in [-0.2, 0) is 6.61 Å². The summed E-state index contributed by atoms with van der Waals surface area (Å²) in [5, 5.41) is 10.1. The summed E-state index contributed by atoms with van der Waals surface area (Å²) in [5.41, 5.74) is 1.46. The lowest BCUT2D eigenvalue weighted by Gasteiger charge is -2.10. The smallest absolute Gasteiger partial charge is 0.129 e. The van der Waals surface area contributed by atoms with E-state index in [9.17, 15) is 9.50 Å². The minimum absolute atomic E-state index is 0.233. The van der Waals surface area contributed by atoms with Crippen molar-refractivity contribution in [2.45, 2.75) is 6.61 Å². The monoisotopic (exact) mass is 270 g/mol. The fraction of sp³-hybridized carbons (Fsp3) is 0.0769. The average Bonchev–Trinajstić information content (AvgIpc) is 2.29. The Morgan fingerprint density at radius 3 is 2.47 bits per heavy atom. The predicted molar refractivity (Wildman–Crippen MR) is 67.8 cm³/mol. The molecule has 4 heteroatoms. The van der Waals surface area contributed by atoms with Gasteiger partial charge in [-0.1, -0.05) is 41.4 Å². The lowest BCUT2D eigenvalue weighted by Crippen LogP contribution is -1.94. The van der Waals surface area contributed by atoms with Gasteiger partial charge in [0.2, 0.25) is 0 Å². The van der Waals surface area contributed by atoms with Crippen LogP contribution in [0, 0.1) is 5.82 Å². The largest absolute Gasteiger partial charge is 0.392 e. The van der Waals surface area contributed by atoms with Gasteiger partial charge in [-0.05, 0) is 23.8 Å². The van der Waals surface area contributed by atoms with Crippen LogP contribution in [0.25, 0.3) is 11.1 Å². The third-order valence-electron chi connectivity index (χ3n) is 2.50. The van der Waals surface area contributed by atoms with E-state index in [1.807, 2.05) is 0 Å². The first-order chi connectivity index (χ1) is 8.13. The average molecular weight is 271 g/mol. The molecule has 1 N–H and O–H groups in total. The van der Waals surface area contributed by atoms with Gasteiger partial charge in [-0.2, -0.15) is 0 Å². The molecule has 0 fully saturated rings. The molecule has 0 amide bonds. The molecule has 0 aliphatic carbocycles. The standard InChI is InChI=1S/C13H9Cl2FO/c14-8-4-5-10(12(15)6-8)9-2-1-3-13(16)11(9)7-17/h1-6,17H,7H2. The highest BCUT2D eigenvalue weighted by atomic mass is 35.5. The van der Waals surface area contributed by atoms with Gasteiger partial charge in [-0.3, -0.25) is 0 Å². The molecule has 0 atom stereocenters. The zero-order valence-corrected chi connectivity index (χ0v) is 10.3. The van der Waals surface area contributed by atoms with Gasteiger partial charge < -0.3 is 5.11 Å². The predicted octanol–water partition coefficient (Wildman–Crippen LogP) is 4.29. The molecule has 0 saturated heterocycles. The molecule has 0 radical (unpaired) electrons. The van der Waals surface area contributed by atoms with E-state index in [-0.39, 0.29) is 12.2 Å². The summed E-state index contributed by atoms with van der Waals surface area (Å²) in [7, 11) is 0. The molecular weight excluding hydrogens is 262 g/mol. The Morgan fingerprint density at radius 2 is 1.82 bits per heavy atom. The Balaban J connectivity index is 2.64. The van der Waals surface area contributed by atoms with Crippen molar-refractivity contribution < 1.29 is 9.50 Å². The maximum Gasteiger partial charge on any atom is 0.129 e. The summed E-state index contributed by atoms with van der Waals surface area (Å²) in [5.74, 6) is -0.448. The number of aliphatic hydroxyl groups is 1. The molecule has 0 aromatic heterocycles. The molecule has 0 bridgehead atoms. The van der Waals surface area contributed by atoms with Gasteiger partial charge in [0.15, 0.2) is 0 Å². The number of benzene rings is 2. The molecule has 17 heavy (non-hydrogen) atoms. The van der Waals surface area contributed by atoms with Crippen molar-refractivity contribution in [2.24, 2.45) is 0 Å². The Morgan fingerprint density at radius 1 is 1.06 bits per heavy atom. The minimum atomic E-state index is -0.448. The Kier molecular flexibility index (Phi) is 3.67. The van der Waals surface area contributed by atoms with Crippen LogP contribution >= 0.6 is 23.2 Å². The summed E-state index contributed by atoms with van der Waals surface area (Å²) < 4.78 is 13.5. The molecule has 0 saturated carbocycles. The van der Waals surface area contributed by atoms with Crippen molar-refractivity contribution >= 4 is 23.2 Å². The minimum Gasteiger partial charge on any atom is -0.392 e. The molecule has 0 heterocycles. The fourth-order valence-corrected chi connectivity index (χ4v) is 2.19. The van der Waals surface area contributed by atoms with Crippen molar-refractivity contribution in [3.63, 3.8) is 0 Å². The number of aliphatic hydroxyl groups excluding tert-OH is 1. The van der Waals surface area contributed by atoms with E-state index in [4.69, 9.17) is 23.2 Å². The van der Waals surface area contributed by atoms with E-state index in [1.165, 1.54) is 6.07 Å². The summed E-state index contributed by atoms with van der Waals surface area (Å²) >= 11 is 11.9. The van der Waals surface area contributed by atoms with E-state index in [0.717, 1.165) is 0 Å². The summed E-state index contributed by atoms with van der Waals surface area (Å²) in [6.07, 6.45) is 0. The van der Waals surface area contributed by atoms with E-state index < -0.39 is 5.82 Å². The van der Waals surface area contributed by atoms with Crippen LogP contribution < -0.4 is 0 Å². The van der Waals surface area contributed by atoms with E-state index >= 15 is 0 Å². The summed E-state index contributed by atoms with van der Waals surface area (Å²) in [6.45, 7) is -0.374. The molecular formula is C13H9Cl2FO. The zero-order chi connectivity index (χ0) is 12.4. The van der Waals surface area contributed by atoms with Crippen molar-refractivity contribution in [1.82, 2.24) is 0 Å². The quantitative estimate of drug-likeness (QED) is 0.863. The topological polar surface area (TPSA) is 20.2 Å². The van der Waals surface area contributed by atoms with Crippen LogP contribution in [0.15, 0.2) is 36.4 Å². The van der Waals surface area contributed by atoms with Crippen LogP contribution in [0.4, 0.5) is 4.39 Å². The fourth-order valence-electron chi connectivity index (χ4n) is 1.68. The molecule has 2 aromatic carbocycles. The van der Waals surface area contributed by atoms with E-state index in [0.29, 0.717) is 21.2 Å². The van der Waals surface area contributed by atoms with Gasteiger partial charge in [0, 0.05) is 21.2 Å². The molecule has 0 aliphatic heterocycles. The highest BCUT2D eigenvalue weighted by Crippen LogP contribution is 2.33. The Bertz CT molecular complexity index is 555. The third-order valence-corrected chi connectivity index (χ3v) is 3.05. The highest BCUT2D eigenvalue weighted by molar-refractivity contribution is 6.36. The second-order valence-corrected chi connectivity index (χ2v) is 4.39. The number of hydrogen-bond donors (Lipinski definition) is 1. The molecule has 0 aliphatic rings. The van der Waals surface area contributed by atoms with Gasteiger partial charge >= 0.3 is 0 Å².